The lowest BCUT2D eigenvalue weighted by Gasteiger charge is -2.43. The number of nitrogens with one attached hydrogen (secondary N) is 1. The number of ether oxygens (including phenoxy) is 1. The molecule has 1 aliphatic heterocycles. The van der Waals surface area contributed by atoms with Gasteiger partial charge in [-0.2, -0.15) is 0 Å². The highest BCUT2D eigenvalue weighted by Gasteiger charge is 2.51. The maximum absolute atomic E-state index is 11.3. The van der Waals surface area contributed by atoms with E-state index in [-0.39, 0.29) is 24.2 Å². The zero-order valence-electron chi connectivity index (χ0n) is 16.0. The number of piperidine rings is 1. The molecule has 3 aliphatic rings. The van der Waals surface area contributed by atoms with Gasteiger partial charge in [0.1, 0.15) is 10.3 Å². The molecule has 154 valence electrons. The van der Waals surface area contributed by atoms with Crippen molar-refractivity contribution in [3.8, 4) is 0 Å². The van der Waals surface area contributed by atoms with Crippen LogP contribution in [-0.4, -0.2) is 57.6 Å². The minimum absolute atomic E-state index is 0.0777. The van der Waals surface area contributed by atoms with E-state index in [4.69, 9.17) is 4.74 Å². The molecule has 4 rings (SSSR count). The van der Waals surface area contributed by atoms with Crippen molar-refractivity contribution in [2.75, 3.05) is 18.0 Å². The van der Waals surface area contributed by atoms with Gasteiger partial charge < -0.3 is 25.2 Å². The van der Waals surface area contributed by atoms with E-state index in [0.29, 0.717) is 16.4 Å². The summed E-state index contributed by atoms with van der Waals surface area (Å²) in [6.07, 6.45) is 5.18. The average molecular weight is 455 g/mol. The first-order valence-corrected chi connectivity index (χ1v) is 10.7. The highest BCUT2D eigenvalue weighted by atomic mass is 79.9. The van der Waals surface area contributed by atoms with Gasteiger partial charge >= 0.3 is 6.09 Å². The maximum atomic E-state index is 11.3. The summed E-state index contributed by atoms with van der Waals surface area (Å²) in [5, 5.41) is 21.8. The number of hydrogen-bond acceptors (Lipinski definition) is 6. The molecule has 1 amide bonds. The summed E-state index contributed by atoms with van der Waals surface area (Å²) in [5.41, 5.74) is 1.28. The number of amides is 1. The van der Waals surface area contributed by atoms with E-state index in [1.54, 1.807) is 0 Å². The number of carboxylic acid groups (broad SMARTS) is 1. The van der Waals surface area contributed by atoms with Gasteiger partial charge in [-0.05, 0) is 66.8 Å². The minimum Gasteiger partial charge on any atom is -0.465 e. The Bertz CT molecular complexity index is 750. The van der Waals surface area contributed by atoms with Gasteiger partial charge in [0, 0.05) is 19.1 Å². The number of aliphatic hydroxyl groups excluding tert-OH is 1. The molecule has 1 spiro atoms. The second-order valence-corrected chi connectivity index (χ2v) is 9.03. The quantitative estimate of drug-likeness (QED) is 0.627. The summed E-state index contributed by atoms with van der Waals surface area (Å²) >= 11 is 3.37. The summed E-state index contributed by atoms with van der Waals surface area (Å²) < 4.78 is 6.78. The molecule has 2 heterocycles. The minimum atomic E-state index is -0.962. The second kappa shape index (κ2) is 7.76. The first-order chi connectivity index (χ1) is 13.4. The van der Waals surface area contributed by atoms with Gasteiger partial charge in [0.15, 0.2) is 5.82 Å². The van der Waals surface area contributed by atoms with Crippen LogP contribution in [0.3, 0.4) is 0 Å². The molecule has 2 aliphatic carbocycles. The number of hydrogen-bond donors (Lipinski definition) is 3. The molecule has 1 saturated heterocycles. The summed E-state index contributed by atoms with van der Waals surface area (Å²) in [4.78, 5) is 22.6. The van der Waals surface area contributed by atoms with Gasteiger partial charge in [-0.15, -0.1) is 0 Å². The maximum Gasteiger partial charge on any atom is 0.404 e. The van der Waals surface area contributed by atoms with Crippen molar-refractivity contribution in [1.82, 2.24) is 15.3 Å². The van der Waals surface area contributed by atoms with E-state index in [1.807, 2.05) is 6.92 Å². The Kier molecular flexibility index (Phi) is 5.50. The largest absolute Gasteiger partial charge is 0.465 e. The number of nitrogens with zero attached hydrogens (tertiary/aromatic N) is 3. The van der Waals surface area contributed by atoms with Crippen molar-refractivity contribution in [3.63, 3.8) is 0 Å². The van der Waals surface area contributed by atoms with E-state index < -0.39 is 6.09 Å². The van der Waals surface area contributed by atoms with E-state index >= 15 is 0 Å². The molecule has 0 unspecified atom stereocenters. The summed E-state index contributed by atoms with van der Waals surface area (Å²) in [7, 11) is 0. The zero-order chi connectivity index (χ0) is 19.9. The predicted octanol–water partition coefficient (Wildman–Crippen LogP) is 2.60. The topological polar surface area (TPSA) is 108 Å². The van der Waals surface area contributed by atoms with Crippen LogP contribution >= 0.6 is 15.9 Å². The van der Waals surface area contributed by atoms with Crippen molar-refractivity contribution < 1.29 is 19.7 Å². The van der Waals surface area contributed by atoms with E-state index in [9.17, 15) is 15.0 Å². The van der Waals surface area contributed by atoms with Gasteiger partial charge in [-0.1, -0.05) is 0 Å². The smallest absolute Gasteiger partial charge is 0.404 e. The van der Waals surface area contributed by atoms with Crippen LogP contribution in [0, 0.1) is 12.3 Å². The summed E-state index contributed by atoms with van der Waals surface area (Å²) in [6.45, 7) is 3.24. The van der Waals surface area contributed by atoms with Crippen molar-refractivity contribution in [2.45, 2.75) is 70.3 Å². The number of carbonyl (C=O) groups is 1. The third kappa shape index (κ3) is 3.97. The molecule has 0 radical (unpaired) electrons. The SMILES string of the molecule is Cc1nc(N2CCC3(CC2)C[C@@H](OC2CC2)C[C@H]3NC(=O)O)c(CO)nc1Br. The molecule has 0 aromatic carbocycles. The lowest BCUT2D eigenvalue weighted by atomic mass is 9.74. The number of anilines is 1. The lowest BCUT2D eigenvalue weighted by Crippen LogP contribution is -2.50. The van der Waals surface area contributed by atoms with Crippen LogP contribution in [0.5, 0.6) is 0 Å². The summed E-state index contributed by atoms with van der Waals surface area (Å²) in [5.74, 6) is 0.726. The molecule has 2 saturated carbocycles. The molecule has 1 aromatic rings. The van der Waals surface area contributed by atoms with Crippen LogP contribution in [0.25, 0.3) is 0 Å². The van der Waals surface area contributed by atoms with Crippen LogP contribution in [-0.2, 0) is 11.3 Å². The predicted molar refractivity (Wildman–Crippen MR) is 106 cm³/mol. The van der Waals surface area contributed by atoms with Gasteiger partial charge in [0.2, 0.25) is 0 Å². The molecule has 3 fully saturated rings. The second-order valence-electron chi connectivity index (χ2n) is 8.28. The fraction of sp³-hybridized carbons (Fsp3) is 0.737. The fourth-order valence-electron chi connectivity index (χ4n) is 4.73. The zero-order valence-corrected chi connectivity index (χ0v) is 17.6. The van der Waals surface area contributed by atoms with Gasteiger partial charge in [-0.3, -0.25) is 0 Å². The number of halogens is 1. The third-order valence-electron chi connectivity index (χ3n) is 6.35. The van der Waals surface area contributed by atoms with Crippen LogP contribution in [0.4, 0.5) is 10.6 Å². The molecule has 28 heavy (non-hydrogen) atoms. The highest BCUT2D eigenvalue weighted by molar-refractivity contribution is 9.10. The Hall–Kier alpha value is -1.45. The van der Waals surface area contributed by atoms with E-state index in [0.717, 1.165) is 63.1 Å². The number of aromatic nitrogens is 2. The average Bonchev–Trinajstić information content (AvgIpc) is 3.41. The Labute approximate surface area is 172 Å². The Morgan fingerprint density at radius 2 is 2.04 bits per heavy atom. The van der Waals surface area contributed by atoms with Crippen LogP contribution in [0.2, 0.25) is 0 Å². The van der Waals surface area contributed by atoms with Crippen LogP contribution in [0.15, 0.2) is 4.60 Å². The molecule has 0 bridgehead atoms. The van der Waals surface area contributed by atoms with E-state index in [2.05, 4.69) is 36.1 Å². The molecule has 8 nitrogen and oxygen atoms in total. The van der Waals surface area contributed by atoms with Crippen LogP contribution < -0.4 is 10.2 Å². The standard InChI is InChI=1S/C19H27BrN4O4/c1-11-16(20)22-14(10-25)17(21-11)24-6-4-19(5-7-24)9-13(28-12-2-3-12)8-15(19)23-18(26)27/h12-13,15,23,25H,2-10H2,1H3,(H,26,27)/t13-,15+/m0/s1. The number of rotatable bonds is 5. The molecule has 3 N–H and O–H groups in total. The lowest BCUT2D eigenvalue weighted by molar-refractivity contribution is 0.0334. The normalized spacial score (nSPS) is 26.6. The van der Waals surface area contributed by atoms with Crippen molar-refractivity contribution >= 4 is 27.8 Å². The number of aliphatic hydroxyl groups is 1. The Morgan fingerprint density at radius 3 is 2.64 bits per heavy atom. The molecular formula is C19H27BrN4O4. The first kappa shape index (κ1) is 19.8. The van der Waals surface area contributed by atoms with Gasteiger partial charge in [-0.25, -0.2) is 14.8 Å². The molecule has 2 atom stereocenters. The monoisotopic (exact) mass is 454 g/mol. The highest BCUT2D eigenvalue weighted by Crippen LogP contribution is 2.49. The third-order valence-corrected chi connectivity index (χ3v) is 7.10. The van der Waals surface area contributed by atoms with Crippen molar-refractivity contribution in [2.24, 2.45) is 5.41 Å². The fourth-order valence-corrected chi connectivity index (χ4v) is 5.03. The first-order valence-electron chi connectivity index (χ1n) is 9.94. The van der Waals surface area contributed by atoms with Gasteiger partial charge in [0.25, 0.3) is 0 Å². The Morgan fingerprint density at radius 1 is 1.32 bits per heavy atom. The van der Waals surface area contributed by atoms with Crippen molar-refractivity contribution in [3.05, 3.63) is 16.0 Å². The van der Waals surface area contributed by atoms with Gasteiger partial charge in [0.05, 0.1) is 24.5 Å². The number of aryl methyl sites for hydroxylation is 1. The molecular weight excluding hydrogens is 428 g/mol. The molecule has 1 aromatic heterocycles. The summed E-state index contributed by atoms with van der Waals surface area (Å²) in [6, 6.07) is -0.0778. The van der Waals surface area contributed by atoms with E-state index in [1.165, 1.54) is 0 Å². The molecule has 9 heteroatoms. The van der Waals surface area contributed by atoms with Crippen molar-refractivity contribution in [1.29, 1.82) is 0 Å². The van der Waals surface area contributed by atoms with Crippen LogP contribution in [0.1, 0.15) is 49.9 Å². The Balaban J connectivity index is 1.49.